The van der Waals surface area contributed by atoms with Crippen molar-refractivity contribution in [1.82, 2.24) is 0 Å². The van der Waals surface area contributed by atoms with Crippen LogP contribution < -0.4 is 0 Å². The zero-order valence-electron chi connectivity index (χ0n) is 4.46. The van der Waals surface area contributed by atoms with Crippen LogP contribution in [-0.4, -0.2) is 6.54 Å². The Balaban J connectivity index is 3.14. The van der Waals surface area contributed by atoms with Gasteiger partial charge in [-0.3, -0.25) is 0 Å². The number of nitrogens with zero attached hydrogens (tertiary/aromatic N) is 2. The van der Waals surface area contributed by atoms with Crippen molar-refractivity contribution in [2.45, 2.75) is 6.42 Å². The minimum Gasteiger partial charge on any atom is -0.312 e. The van der Waals surface area contributed by atoms with Crippen LogP contribution >= 0.6 is 0 Å². The van der Waals surface area contributed by atoms with Crippen LogP contribution in [0.1, 0.15) is 6.42 Å². The lowest BCUT2D eigenvalue weighted by Crippen LogP contribution is -1.63. The second kappa shape index (κ2) is 5.72. The van der Waals surface area contributed by atoms with E-state index in [0.717, 1.165) is 0 Å². The molecule has 0 spiro atoms. The van der Waals surface area contributed by atoms with E-state index in [0.29, 0.717) is 13.0 Å². The SMILES string of the molecule is [C-]#[N+]CC=CCC#N. The lowest BCUT2D eigenvalue weighted by atomic mass is 10.4. The monoisotopic (exact) mass is 106 g/mol. The summed E-state index contributed by atoms with van der Waals surface area (Å²) < 4.78 is 0. The summed E-state index contributed by atoms with van der Waals surface area (Å²) in [4.78, 5) is 3.06. The van der Waals surface area contributed by atoms with E-state index < -0.39 is 0 Å². The highest BCUT2D eigenvalue weighted by Crippen LogP contribution is 1.78. The fourth-order valence-electron chi connectivity index (χ4n) is 0.263. The fourth-order valence-corrected chi connectivity index (χ4v) is 0.263. The van der Waals surface area contributed by atoms with Crippen LogP contribution in [0.5, 0.6) is 0 Å². The maximum absolute atomic E-state index is 7.99. The van der Waals surface area contributed by atoms with Gasteiger partial charge in [0.05, 0.1) is 12.5 Å². The first kappa shape index (κ1) is 6.72. The first-order chi connectivity index (χ1) is 3.91. The van der Waals surface area contributed by atoms with Crippen molar-refractivity contribution in [3.05, 3.63) is 23.6 Å². The summed E-state index contributed by atoms with van der Waals surface area (Å²) in [6.07, 6.45) is 3.80. The molecule has 0 aromatic rings. The molecular weight excluding hydrogens is 100 g/mol. The Hall–Kier alpha value is -1.28. The molecule has 0 aliphatic heterocycles. The third-order valence-electron chi connectivity index (χ3n) is 0.573. The van der Waals surface area contributed by atoms with Crippen LogP contribution in [0.3, 0.4) is 0 Å². The van der Waals surface area contributed by atoms with E-state index in [4.69, 9.17) is 11.8 Å². The van der Waals surface area contributed by atoms with Gasteiger partial charge in [-0.1, -0.05) is 6.08 Å². The van der Waals surface area contributed by atoms with Crippen molar-refractivity contribution in [3.8, 4) is 6.07 Å². The number of rotatable bonds is 2. The Morgan fingerprint density at radius 3 is 2.88 bits per heavy atom. The third-order valence-corrected chi connectivity index (χ3v) is 0.573. The number of allylic oxidation sites excluding steroid dienone is 1. The highest BCUT2D eigenvalue weighted by molar-refractivity contribution is 4.94. The summed E-state index contributed by atoms with van der Waals surface area (Å²) in [5, 5.41) is 7.99. The van der Waals surface area contributed by atoms with E-state index in [9.17, 15) is 0 Å². The van der Waals surface area contributed by atoms with Gasteiger partial charge in [0, 0.05) is 0 Å². The molecule has 0 radical (unpaired) electrons. The first-order valence-electron chi connectivity index (χ1n) is 2.27. The van der Waals surface area contributed by atoms with Crippen LogP contribution in [0.2, 0.25) is 0 Å². The normalized spacial score (nSPS) is 8.25. The van der Waals surface area contributed by atoms with Crippen molar-refractivity contribution >= 4 is 0 Å². The minimum absolute atomic E-state index is 0.391. The van der Waals surface area contributed by atoms with Crippen molar-refractivity contribution in [3.63, 3.8) is 0 Å². The van der Waals surface area contributed by atoms with E-state index in [-0.39, 0.29) is 0 Å². The molecule has 0 unspecified atom stereocenters. The Kier molecular flexibility index (Phi) is 4.80. The molecule has 0 rings (SSSR count). The first-order valence-corrected chi connectivity index (χ1v) is 2.27. The Bertz CT molecular complexity index is 127. The highest BCUT2D eigenvalue weighted by Gasteiger charge is 1.72. The van der Waals surface area contributed by atoms with Gasteiger partial charge in [-0.05, 0) is 6.08 Å². The van der Waals surface area contributed by atoms with Gasteiger partial charge >= 0.3 is 0 Å². The molecular formula is C6H6N2. The average Bonchev–Trinajstić information content (AvgIpc) is 1.81. The van der Waals surface area contributed by atoms with Gasteiger partial charge in [-0.15, -0.1) is 0 Å². The molecule has 2 nitrogen and oxygen atoms in total. The van der Waals surface area contributed by atoms with Crippen molar-refractivity contribution in [2.24, 2.45) is 0 Å². The maximum atomic E-state index is 7.99. The smallest absolute Gasteiger partial charge is 0.232 e. The van der Waals surface area contributed by atoms with Crippen LogP contribution in [-0.2, 0) is 0 Å². The van der Waals surface area contributed by atoms with Crippen LogP contribution in [0.15, 0.2) is 12.2 Å². The van der Waals surface area contributed by atoms with E-state index in [1.54, 1.807) is 12.2 Å². The van der Waals surface area contributed by atoms with Crippen LogP contribution in [0.25, 0.3) is 4.85 Å². The topological polar surface area (TPSA) is 28.1 Å². The summed E-state index contributed by atoms with van der Waals surface area (Å²) in [7, 11) is 0. The van der Waals surface area contributed by atoms with E-state index in [1.807, 2.05) is 6.07 Å². The third kappa shape index (κ3) is 4.72. The molecule has 0 aliphatic rings. The van der Waals surface area contributed by atoms with Gasteiger partial charge in [-0.2, -0.15) is 5.26 Å². The number of nitriles is 1. The molecule has 8 heavy (non-hydrogen) atoms. The van der Waals surface area contributed by atoms with Crippen molar-refractivity contribution in [1.29, 1.82) is 5.26 Å². The van der Waals surface area contributed by atoms with E-state index >= 15 is 0 Å². The molecule has 0 aliphatic carbocycles. The molecule has 0 N–H and O–H groups in total. The number of hydrogen-bond donors (Lipinski definition) is 0. The lowest BCUT2D eigenvalue weighted by molar-refractivity contribution is 1.33. The molecule has 0 aromatic carbocycles. The minimum atomic E-state index is 0.391. The lowest BCUT2D eigenvalue weighted by Gasteiger charge is -1.68. The van der Waals surface area contributed by atoms with Gasteiger partial charge in [0.2, 0.25) is 6.54 Å². The molecule has 0 heterocycles. The molecule has 0 atom stereocenters. The molecule has 2 heteroatoms. The predicted molar refractivity (Wildman–Crippen MR) is 30.8 cm³/mol. The second-order valence-corrected chi connectivity index (χ2v) is 1.17. The zero-order valence-corrected chi connectivity index (χ0v) is 4.46. The maximum Gasteiger partial charge on any atom is 0.232 e. The molecule has 0 fully saturated rings. The summed E-state index contributed by atoms with van der Waals surface area (Å²) in [6.45, 7) is 6.72. The molecule has 0 aromatic heterocycles. The summed E-state index contributed by atoms with van der Waals surface area (Å²) in [6, 6.07) is 1.94. The fraction of sp³-hybridized carbons (Fsp3) is 0.333. The second-order valence-electron chi connectivity index (χ2n) is 1.17. The van der Waals surface area contributed by atoms with Gasteiger partial charge < -0.3 is 4.85 Å². The molecule has 0 saturated heterocycles. The molecule has 0 amide bonds. The van der Waals surface area contributed by atoms with Crippen molar-refractivity contribution < 1.29 is 0 Å². The Labute approximate surface area is 48.9 Å². The summed E-state index contributed by atoms with van der Waals surface area (Å²) in [5.41, 5.74) is 0. The average molecular weight is 106 g/mol. The molecule has 0 saturated carbocycles. The van der Waals surface area contributed by atoms with Crippen molar-refractivity contribution in [2.75, 3.05) is 6.54 Å². The Morgan fingerprint density at radius 2 is 2.38 bits per heavy atom. The summed E-state index contributed by atoms with van der Waals surface area (Å²) >= 11 is 0. The Morgan fingerprint density at radius 1 is 1.62 bits per heavy atom. The summed E-state index contributed by atoms with van der Waals surface area (Å²) in [5.74, 6) is 0. The van der Waals surface area contributed by atoms with Gasteiger partial charge in [0.1, 0.15) is 0 Å². The van der Waals surface area contributed by atoms with Gasteiger partial charge in [0.15, 0.2) is 0 Å². The van der Waals surface area contributed by atoms with Crippen LogP contribution in [0.4, 0.5) is 0 Å². The van der Waals surface area contributed by atoms with E-state index in [2.05, 4.69) is 4.85 Å². The van der Waals surface area contributed by atoms with Gasteiger partial charge in [-0.25, -0.2) is 6.57 Å². The van der Waals surface area contributed by atoms with Gasteiger partial charge in [0.25, 0.3) is 0 Å². The largest absolute Gasteiger partial charge is 0.312 e. The van der Waals surface area contributed by atoms with E-state index in [1.165, 1.54) is 0 Å². The van der Waals surface area contributed by atoms with Crippen LogP contribution in [0, 0.1) is 17.9 Å². The quantitative estimate of drug-likeness (QED) is 0.386. The predicted octanol–water partition coefficient (Wildman–Crippen LogP) is 1.38. The zero-order chi connectivity index (χ0) is 6.24. The molecule has 0 bridgehead atoms. The molecule has 40 valence electrons. The standard InChI is InChI=1S/C6H6N2/c1-8-6-4-2-3-5-7/h2,4H,3,6H2. The highest BCUT2D eigenvalue weighted by atomic mass is 14.6. The number of hydrogen-bond acceptors (Lipinski definition) is 1.